The van der Waals surface area contributed by atoms with Gasteiger partial charge in [0.1, 0.15) is 0 Å². The summed E-state index contributed by atoms with van der Waals surface area (Å²) in [6, 6.07) is 5.76. The molecule has 6 nitrogen and oxygen atoms in total. The maximum Gasteiger partial charge on any atom is 0.329 e. The molecule has 1 fully saturated rings. The summed E-state index contributed by atoms with van der Waals surface area (Å²) in [5.74, 6) is -0.336. The minimum absolute atomic E-state index is 0.0139. The molecule has 0 atom stereocenters. The SMILES string of the molecule is O=C=Nc1cccc(N2C(=O)CNC2=O)c1. The van der Waals surface area contributed by atoms with E-state index >= 15 is 0 Å². The van der Waals surface area contributed by atoms with E-state index in [0.717, 1.165) is 4.90 Å². The van der Waals surface area contributed by atoms with Crippen molar-refractivity contribution < 1.29 is 14.4 Å². The number of nitrogens with zero attached hydrogens (tertiary/aromatic N) is 2. The van der Waals surface area contributed by atoms with Gasteiger partial charge in [-0.3, -0.25) is 4.79 Å². The lowest BCUT2D eigenvalue weighted by Crippen LogP contribution is -2.30. The van der Waals surface area contributed by atoms with Crippen molar-refractivity contribution in [3.8, 4) is 0 Å². The maximum absolute atomic E-state index is 11.4. The van der Waals surface area contributed by atoms with Gasteiger partial charge in [-0.2, -0.15) is 4.99 Å². The van der Waals surface area contributed by atoms with Gasteiger partial charge in [0.05, 0.1) is 17.9 Å². The van der Waals surface area contributed by atoms with Gasteiger partial charge < -0.3 is 5.32 Å². The van der Waals surface area contributed by atoms with Crippen LogP contribution in [-0.2, 0) is 9.59 Å². The second kappa shape index (κ2) is 3.96. The lowest BCUT2D eigenvalue weighted by Gasteiger charge is -2.11. The van der Waals surface area contributed by atoms with Crippen LogP contribution in [0.2, 0.25) is 0 Å². The Morgan fingerprint density at radius 1 is 1.38 bits per heavy atom. The topological polar surface area (TPSA) is 78.8 Å². The molecule has 0 bridgehead atoms. The molecule has 1 heterocycles. The molecule has 1 aliphatic rings. The van der Waals surface area contributed by atoms with Crippen molar-refractivity contribution >= 4 is 29.4 Å². The summed E-state index contributed by atoms with van der Waals surface area (Å²) in [7, 11) is 0. The predicted molar refractivity (Wildman–Crippen MR) is 55.1 cm³/mol. The van der Waals surface area contributed by atoms with Gasteiger partial charge in [-0.05, 0) is 18.2 Å². The Balaban J connectivity index is 2.40. The molecular formula is C10H7N3O3. The molecule has 1 N–H and O–H groups in total. The highest BCUT2D eigenvalue weighted by atomic mass is 16.2. The highest BCUT2D eigenvalue weighted by Gasteiger charge is 2.29. The second-order valence-electron chi connectivity index (χ2n) is 3.11. The molecule has 0 saturated carbocycles. The Morgan fingerprint density at radius 2 is 2.19 bits per heavy atom. The smallest absolute Gasteiger partial charge is 0.328 e. The minimum atomic E-state index is -0.475. The molecule has 1 saturated heterocycles. The first-order chi connectivity index (χ1) is 7.72. The monoisotopic (exact) mass is 217 g/mol. The molecule has 0 unspecified atom stereocenters. The Labute approximate surface area is 90.6 Å². The van der Waals surface area contributed by atoms with Gasteiger partial charge in [0.25, 0.3) is 5.91 Å². The normalized spacial score (nSPS) is 14.6. The lowest BCUT2D eigenvalue weighted by atomic mass is 10.2. The summed E-state index contributed by atoms with van der Waals surface area (Å²) >= 11 is 0. The molecular weight excluding hydrogens is 210 g/mol. The Kier molecular flexibility index (Phi) is 2.49. The number of imide groups is 1. The number of nitrogens with one attached hydrogen (secondary N) is 1. The zero-order chi connectivity index (χ0) is 11.5. The number of hydrogen-bond donors (Lipinski definition) is 1. The molecule has 80 valence electrons. The number of isocyanates is 1. The summed E-state index contributed by atoms with van der Waals surface area (Å²) in [4.78, 5) is 37.2. The Hall–Kier alpha value is -2.46. The third-order valence-corrected chi connectivity index (χ3v) is 2.11. The first kappa shape index (κ1) is 10.1. The molecule has 0 radical (unpaired) electrons. The van der Waals surface area contributed by atoms with Gasteiger partial charge >= 0.3 is 6.03 Å². The molecule has 0 aromatic heterocycles. The number of urea groups is 1. The van der Waals surface area contributed by atoms with Gasteiger partial charge in [-0.15, -0.1) is 0 Å². The number of benzene rings is 1. The van der Waals surface area contributed by atoms with E-state index in [1.165, 1.54) is 12.1 Å². The van der Waals surface area contributed by atoms with Gasteiger partial charge in [0.15, 0.2) is 0 Å². The van der Waals surface area contributed by atoms with Crippen LogP contribution < -0.4 is 10.2 Å². The summed E-state index contributed by atoms with van der Waals surface area (Å²) in [6.07, 6.45) is 1.40. The van der Waals surface area contributed by atoms with Crippen molar-refractivity contribution in [2.75, 3.05) is 11.4 Å². The number of aliphatic imine (C=N–C) groups is 1. The minimum Gasteiger partial charge on any atom is -0.328 e. The first-order valence-electron chi connectivity index (χ1n) is 4.51. The third kappa shape index (κ3) is 1.69. The number of rotatable bonds is 2. The predicted octanol–water partition coefficient (Wildman–Crippen LogP) is 0.710. The number of anilines is 1. The second-order valence-corrected chi connectivity index (χ2v) is 3.11. The summed E-state index contributed by atoms with van der Waals surface area (Å²) < 4.78 is 0. The molecule has 2 rings (SSSR count). The van der Waals surface area contributed by atoms with Crippen LogP contribution in [0.4, 0.5) is 16.2 Å². The van der Waals surface area contributed by atoms with Crippen molar-refractivity contribution in [2.45, 2.75) is 0 Å². The number of carbonyl (C=O) groups excluding carboxylic acids is 3. The maximum atomic E-state index is 11.4. The quantitative estimate of drug-likeness (QED) is 0.450. The van der Waals surface area contributed by atoms with Crippen LogP contribution in [0, 0.1) is 0 Å². The highest BCUT2D eigenvalue weighted by molar-refractivity contribution is 6.19. The lowest BCUT2D eigenvalue weighted by molar-refractivity contribution is -0.115. The molecule has 1 aliphatic heterocycles. The zero-order valence-corrected chi connectivity index (χ0v) is 8.14. The van der Waals surface area contributed by atoms with Crippen LogP contribution in [-0.4, -0.2) is 24.6 Å². The molecule has 1 aromatic carbocycles. The molecule has 0 spiro atoms. The van der Waals surface area contributed by atoms with Gasteiger partial charge in [-0.25, -0.2) is 14.5 Å². The van der Waals surface area contributed by atoms with Gasteiger partial charge in [-0.1, -0.05) is 6.07 Å². The van der Waals surface area contributed by atoms with E-state index in [1.54, 1.807) is 18.2 Å². The van der Waals surface area contributed by atoms with E-state index in [1.807, 2.05) is 0 Å². The fourth-order valence-electron chi connectivity index (χ4n) is 1.44. The van der Waals surface area contributed by atoms with E-state index in [2.05, 4.69) is 10.3 Å². The summed E-state index contributed by atoms with van der Waals surface area (Å²) in [5, 5.41) is 2.40. The van der Waals surface area contributed by atoms with E-state index in [4.69, 9.17) is 0 Å². The van der Waals surface area contributed by atoms with Crippen LogP contribution in [0.3, 0.4) is 0 Å². The van der Waals surface area contributed by atoms with Gasteiger partial charge in [0, 0.05) is 0 Å². The van der Waals surface area contributed by atoms with Crippen LogP contribution in [0.5, 0.6) is 0 Å². The molecule has 0 aliphatic carbocycles. The van der Waals surface area contributed by atoms with Gasteiger partial charge in [0.2, 0.25) is 6.08 Å². The fourth-order valence-corrected chi connectivity index (χ4v) is 1.44. The molecule has 1 aromatic rings. The summed E-state index contributed by atoms with van der Waals surface area (Å²) in [6.45, 7) is -0.0139. The van der Waals surface area contributed by atoms with Crippen LogP contribution in [0.25, 0.3) is 0 Å². The first-order valence-corrected chi connectivity index (χ1v) is 4.51. The van der Waals surface area contributed by atoms with Crippen molar-refractivity contribution in [3.63, 3.8) is 0 Å². The van der Waals surface area contributed by atoms with E-state index in [0.29, 0.717) is 11.4 Å². The zero-order valence-electron chi connectivity index (χ0n) is 8.14. The highest BCUT2D eigenvalue weighted by Crippen LogP contribution is 2.22. The van der Waals surface area contributed by atoms with Crippen molar-refractivity contribution in [2.24, 2.45) is 4.99 Å². The van der Waals surface area contributed by atoms with E-state index in [9.17, 15) is 14.4 Å². The third-order valence-electron chi connectivity index (χ3n) is 2.11. The average Bonchev–Trinajstić information content (AvgIpc) is 2.59. The number of hydrogen-bond acceptors (Lipinski definition) is 4. The Bertz CT molecular complexity index is 490. The molecule has 16 heavy (non-hydrogen) atoms. The molecule has 3 amide bonds. The van der Waals surface area contributed by atoms with Crippen LogP contribution >= 0.6 is 0 Å². The Morgan fingerprint density at radius 3 is 2.81 bits per heavy atom. The summed E-state index contributed by atoms with van der Waals surface area (Å²) in [5.41, 5.74) is 0.733. The van der Waals surface area contributed by atoms with Crippen molar-refractivity contribution in [1.29, 1.82) is 0 Å². The van der Waals surface area contributed by atoms with Crippen LogP contribution in [0.15, 0.2) is 29.3 Å². The van der Waals surface area contributed by atoms with E-state index < -0.39 is 6.03 Å². The number of carbonyl (C=O) groups is 2. The van der Waals surface area contributed by atoms with E-state index in [-0.39, 0.29) is 12.5 Å². The standard InChI is InChI=1S/C10H7N3O3/c14-6-12-7-2-1-3-8(4-7)13-9(15)5-11-10(13)16/h1-4H,5H2,(H,11,16). The van der Waals surface area contributed by atoms with Crippen molar-refractivity contribution in [1.82, 2.24) is 5.32 Å². The molecule has 6 heteroatoms. The number of amides is 3. The largest absolute Gasteiger partial charge is 0.329 e. The average molecular weight is 217 g/mol. The van der Waals surface area contributed by atoms with Crippen molar-refractivity contribution in [3.05, 3.63) is 24.3 Å². The fraction of sp³-hybridized carbons (Fsp3) is 0.100. The van der Waals surface area contributed by atoms with Crippen LogP contribution in [0.1, 0.15) is 0 Å².